The molecule has 0 radical (unpaired) electrons. The predicted molar refractivity (Wildman–Crippen MR) is 71.7 cm³/mol. The molecule has 6 nitrogen and oxygen atoms in total. The van der Waals surface area contributed by atoms with Gasteiger partial charge in [0.25, 0.3) is 5.91 Å². The molecule has 1 atom stereocenters. The molecule has 6 heteroatoms. The first-order chi connectivity index (χ1) is 8.90. The van der Waals surface area contributed by atoms with Gasteiger partial charge in [0.05, 0.1) is 17.4 Å². The summed E-state index contributed by atoms with van der Waals surface area (Å²) in [6.07, 6.45) is 1.70. The molecule has 0 aromatic carbocycles. The number of carbonyl (C=O) groups excluding carboxylic acids is 1. The SMILES string of the molecule is Cc1noc(C)c1C(C)NC(=O)c1cc(N)cn1C. The van der Waals surface area contributed by atoms with Crippen LogP contribution in [0.15, 0.2) is 16.8 Å². The van der Waals surface area contributed by atoms with E-state index in [1.54, 1.807) is 23.9 Å². The highest BCUT2D eigenvalue weighted by Crippen LogP contribution is 2.21. The maximum absolute atomic E-state index is 12.2. The number of anilines is 1. The normalized spacial score (nSPS) is 12.4. The molecule has 1 unspecified atom stereocenters. The Labute approximate surface area is 111 Å². The second-order valence-electron chi connectivity index (χ2n) is 4.70. The Bertz CT molecular complexity index is 593. The van der Waals surface area contributed by atoms with Gasteiger partial charge in [0, 0.05) is 18.8 Å². The van der Waals surface area contributed by atoms with E-state index >= 15 is 0 Å². The van der Waals surface area contributed by atoms with Gasteiger partial charge >= 0.3 is 0 Å². The lowest BCUT2D eigenvalue weighted by atomic mass is 10.1. The van der Waals surface area contributed by atoms with Crippen molar-refractivity contribution in [3.8, 4) is 0 Å². The molecular formula is C13H18N4O2. The lowest BCUT2D eigenvalue weighted by molar-refractivity contribution is 0.0931. The summed E-state index contributed by atoms with van der Waals surface area (Å²) < 4.78 is 6.80. The van der Waals surface area contributed by atoms with Gasteiger partial charge in [-0.2, -0.15) is 0 Å². The van der Waals surface area contributed by atoms with Crippen LogP contribution >= 0.6 is 0 Å². The number of carbonyl (C=O) groups is 1. The number of nitrogens with one attached hydrogen (secondary N) is 1. The van der Waals surface area contributed by atoms with Crippen LogP contribution in [0.25, 0.3) is 0 Å². The van der Waals surface area contributed by atoms with E-state index in [4.69, 9.17) is 10.3 Å². The number of aromatic nitrogens is 2. The summed E-state index contributed by atoms with van der Waals surface area (Å²) in [7, 11) is 1.78. The highest BCUT2D eigenvalue weighted by Gasteiger charge is 2.20. The summed E-state index contributed by atoms with van der Waals surface area (Å²) in [6.45, 7) is 5.59. The minimum Gasteiger partial charge on any atom is -0.397 e. The van der Waals surface area contributed by atoms with Crippen molar-refractivity contribution in [3.63, 3.8) is 0 Å². The highest BCUT2D eigenvalue weighted by atomic mass is 16.5. The van der Waals surface area contributed by atoms with Gasteiger partial charge in [-0.15, -0.1) is 0 Å². The predicted octanol–water partition coefficient (Wildman–Crippen LogP) is 1.70. The summed E-state index contributed by atoms with van der Waals surface area (Å²) in [5.41, 5.74) is 8.46. The van der Waals surface area contributed by atoms with E-state index < -0.39 is 0 Å². The molecule has 0 saturated heterocycles. The van der Waals surface area contributed by atoms with E-state index in [0.29, 0.717) is 11.4 Å². The topological polar surface area (TPSA) is 86.1 Å². The summed E-state index contributed by atoms with van der Waals surface area (Å²) in [5, 5.41) is 6.81. The molecule has 3 N–H and O–H groups in total. The van der Waals surface area contributed by atoms with Gasteiger partial charge in [-0.3, -0.25) is 4.79 Å². The molecule has 2 aromatic rings. The van der Waals surface area contributed by atoms with Crippen LogP contribution in [0.4, 0.5) is 5.69 Å². The molecule has 0 saturated carbocycles. The zero-order valence-corrected chi connectivity index (χ0v) is 11.5. The van der Waals surface area contributed by atoms with Crippen molar-refractivity contribution in [2.24, 2.45) is 7.05 Å². The van der Waals surface area contributed by atoms with Crippen molar-refractivity contribution >= 4 is 11.6 Å². The summed E-state index contributed by atoms with van der Waals surface area (Å²) in [6, 6.07) is 1.48. The third kappa shape index (κ3) is 2.47. The lowest BCUT2D eigenvalue weighted by Gasteiger charge is -2.14. The van der Waals surface area contributed by atoms with Crippen LogP contribution < -0.4 is 11.1 Å². The third-order valence-electron chi connectivity index (χ3n) is 3.13. The first kappa shape index (κ1) is 13.2. The minimum atomic E-state index is -0.174. The number of nitrogens with zero attached hydrogens (tertiary/aromatic N) is 2. The number of hydrogen-bond acceptors (Lipinski definition) is 4. The summed E-state index contributed by atoms with van der Waals surface area (Å²) in [5.74, 6) is 0.545. The number of rotatable bonds is 3. The molecule has 2 rings (SSSR count). The van der Waals surface area contributed by atoms with E-state index in [2.05, 4.69) is 10.5 Å². The monoisotopic (exact) mass is 262 g/mol. The molecule has 0 fully saturated rings. The van der Waals surface area contributed by atoms with E-state index in [-0.39, 0.29) is 11.9 Å². The van der Waals surface area contributed by atoms with Crippen LogP contribution in [0.5, 0.6) is 0 Å². The molecular weight excluding hydrogens is 244 g/mol. The number of nitrogen functional groups attached to an aromatic ring is 1. The van der Waals surface area contributed by atoms with E-state index in [9.17, 15) is 4.79 Å². The van der Waals surface area contributed by atoms with Gasteiger partial charge in [-0.05, 0) is 26.8 Å². The Morgan fingerprint density at radius 3 is 2.68 bits per heavy atom. The Morgan fingerprint density at radius 1 is 1.53 bits per heavy atom. The second-order valence-corrected chi connectivity index (χ2v) is 4.70. The summed E-state index contributed by atoms with van der Waals surface area (Å²) in [4.78, 5) is 12.2. The van der Waals surface area contributed by atoms with Crippen LogP contribution in [-0.2, 0) is 7.05 Å². The maximum atomic E-state index is 12.2. The molecule has 102 valence electrons. The fraction of sp³-hybridized carbons (Fsp3) is 0.385. The molecule has 0 spiro atoms. The molecule has 0 bridgehead atoms. The highest BCUT2D eigenvalue weighted by molar-refractivity contribution is 5.94. The smallest absolute Gasteiger partial charge is 0.268 e. The molecule has 0 aliphatic heterocycles. The standard InChI is InChI=1S/C13H18N4O2/c1-7(12-8(2)16-19-9(12)3)15-13(18)11-5-10(14)6-17(11)4/h5-7H,14H2,1-4H3,(H,15,18). The zero-order valence-electron chi connectivity index (χ0n) is 11.5. The van der Waals surface area contributed by atoms with Crippen LogP contribution in [0.1, 0.15) is 40.5 Å². The summed E-state index contributed by atoms with van der Waals surface area (Å²) >= 11 is 0. The Balaban J connectivity index is 2.18. The largest absolute Gasteiger partial charge is 0.397 e. The van der Waals surface area contributed by atoms with Crippen molar-refractivity contribution in [1.82, 2.24) is 15.0 Å². The molecule has 2 aromatic heterocycles. The van der Waals surface area contributed by atoms with Crippen LogP contribution in [0.2, 0.25) is 0 Å². The quantitative estimate of drug-likeness (QED) is 0.881. The van der Waals surface area contributed by atoms with Crippen LogP contribution in [-0.4, -0.2) is 15.6 Å². The van der Waals surface area contributed by atoms with Crippen molar-refractivity contribution in [2.75, 3.05) is 5.73 Å². The fourth-order valence-corrected chi connectivity index (χ4v) is 2.27. The molecule has 0 aliphatic rings. The average molecular weight is 262 g/mol. The lowest BCUT2D eigenvalue weighted by Crippen LogP contribution is -2.28. The number of aryl methyl sites for hydroxylation is 3. The van der Waals surface area contributed by atoms with E-state index in [1.807, 2.05) is 20.8 Å². The average Bonchev–Trinajstić information content (AvgIpc) is 2.81. The van der Waals surface area contributed by atoms with Gasteiger partial charge < -0.3 is 20.1 Å². The van der Waals surface area contributed by atoms with Crippen LogP contribution in [0.3, 0.4) is 0 Å². The molecule has 19 heavy (non-hydrogen) atoms. The van der Waals surface area contributed by atoms with Gasteiger partial charge in [0.1, 0.15) is 11.5 Å². The van der Waals surface area contributed by atoms with E-state index in [0.717, 1.165) is 17.0 Å². The minimum absolute atomic E-state index is 0.171. The second kappa shape index (κ2) is 4.79. The van der Waals surface area contributed by atoms with Gasteiger partial charge in [-0.1, -0.05) is 5.16 Å². The third-order valence-corrected chi connectivity index (χ3v) is 3.13. The van der Waals surface area contributed by atoms with Crippen molar-refractivity contribution in [1.29, 1.82) is 0 Å². The zero-order chi connectivity index (χ0) is 14.2. The van der Waals surface area contributed by atoms with Crippen molar-refractivity contribution in [3.05, 3.63) is 35.0 Å². The number of nitrogens with two attached hydrogens (primary N) is 1. The van der Waals surface area contributed by atoms with Crippen molar-refractivity contribution in [2.45, 2.75) is 26.8 Å². The first-order valence-electron chi connectivity index (χ1n) is 6.05. The van der Waals surface area contributed by atoms with Crippen molar-refractivity contribution < 1.29 is 9.32 Å². The molecule has 1 amide bonds. The first-order valence-corrected chi connectivity index (χ1v) is 6.05. The fourth-order valence-electron chi connectivity index (χ4n) is 2.27. The Morgan fingerprint density at radius 2 is 2.21 bits per heavy atom. The molecule has 2 heterocycles. The number of hydrogen-bond donors (Lipinski definition) is 2. The number of amides is 1. The Hall–Kier alpha value is -2.24. The van der Waals surface area contributed by atoms with Crippen LogP contribution in [0, 0.1) is 13.8 Å². The van der Waals surface area contributed by atoms with Gasteiger partial charge in [0.2, 0.25) is 0 Å². The maximum Gasteiger partial charge on any atom is 0.268 e. The van der Waals surface area contributed by atoms with Gasteiger partial charge in [0.15, 0.2) is 0 Å². The van der Waals surface area contributed by atoms with E-state index in [1.165, 1.54) is 0 Å². The Kier molecular flexibility index (Phi) is 3.33. The van der Waals surface area contributed by atoms with Gasteiger partial charge in [-0.25, -0.2) is 0 Å². The molecule has 0 aliphatic carbocycles.